The summed E-state index contributed by atoms with van der Waals surface area (Å²) in [6, 6.07) is 15.9. The van der Waals surface area contributed by atoms with Crippen LogP contribution < -0.4 is 5.32 Å². The van der Waals surface area contributed by atoms with E-state index >= 15 is 0 Å². The molecule has 0 bridgehead atoms. The Morgan fingerprint density at radius 2 is 2.00 bits per heavy atom. The lowest BCUT2D eigenvalue weighted by molar-refractivity contribution is -0.119. The molecule has 1 atom stereocenters. The second kappa shape index (κ2) is 8.56. The minimum atomic E-state index is -0.000633. The molecule has 2 aromatic carbocycles. The van der Waals surface area contributed by atoms with Crippen LogP contribution in [0, 0.1) is 25.2 Å². The largest absolute Gasteiger partial charge is 0.349 e. The van der Waals surface area contributed by atoms with Crippen LogP contribution in [0.5, 0.6) is 0 Å². The number of nitrogens with zero attached hydrogens (tertiary/aromatic N) is 1. The van der Waals surface area contributed by atoms with Crippen molar-refractivity contribution in [1.82, 2.24) is 5.32 Å². The topological polar surface area (TPSA) is 52.9 Å². The van der Waals surface area contributed by atoms with E-state index in [1.165, 1.54) is 11.1 Å². The third-order valence-electron chi connectivity index (χ3n) is 3.97. The zero-order valence-corrected chi connectivity index (χ0v) is 15.1. The standard InChI is InChI=1S/C20H22N2OS/c1-14-7-8-19(9-15(14)2)16(3)22-20(23)13-24-12-18-6-4-5-17(10-18)11-21/h4-10,16H,12-13H2,1-3H3,(H,22,23)/t16-/m0/s1. The Kier molecular flexibility index (Phi) is 6.45. The first kappa shape index (κ1) is 18.1. The molecule has 124 valence electrons. The summed E-state index contributed by atoms with van der Waals surface area (Å²) in [5.74, 6) is 1.16. The molecule has 4 heteroatoms. The van der Waals surface area contributed by atoms with Crippen molar-refractivity contribution in [2.24, 2.45) is 0 Å². The minimum Gasteiger partial charge on any atom is -0.349 e. The van der Waals surface area contributed by atoms with Gasteiger partial charge in [-0.2, -0.15) is 5.26 Å². The third kappa shape index (κ3) is 5.14. The SMILES string of the molecule is Cc1ccc([C@H](C)NC(=O)CSCc2cccc(C#N)c2)cc1C. The fourth-order valence-corrected chi connectivity index (χ4v) is 3.18. The van der Waals surface area contributed by atoms with E-state index < -0.39 is 0 Å². The summed E-state index contributed by atoms with van der Waals surface area (Å²) in [5.41, 5.74) is 5.33. The van der Waals surface area contributed by atoms with Gasteiger partial charge in [-0.25, -0.2) is 0 Å². The van der Waals surface area contributed by atoms with Gasteiger partial charge in [-0.1, -0.05) is 30.3 Å². The van der Waals surface area contributed by atoms with Crippen molar-refractivity contribution in [2.75, 3.05) is 5.75 Å². The number of rotatable bonds is 6. The lowest BCUT2D eigenvalue weighted by Gasteiger charge is -2.15. The molecule has 3 nitrogen and oxygen atoms in total. The Bertz CT molecular complexity index is 764. The number of hydrogen-bond donors (Lipinski definition) is 1. The van der Waals surface area contributed by atoms with Crippen LogP contribution in [0.3, 0.4) is 0 Å². The molecule has 2 rings (SSSR count). The zero-order valence-electron chi connectivity index (χ0n) is 14.3. The molecule has 0 heterocycles. The van der Waals surface area contributed by atoms with Crippen LogP contribution in [0.4, 0.5) is 0 Å². The van der Waals surface area contributed by atoms with E-state index in [9.17, 15) is 4.79 Å². The first-order valence-electron chi connectivity index (χ1n) is 7.93. The van der Waals surface area contributed by atoms with E-state index in [-0.39, 0.29) is 11.9 Å². The van der Waals surface area contributed by atoms with Crippen molar-refractivity contribution < 1.29 is 4.79 Å². The third-order valence-corrected chi connectivity index (χ3v) is 4.97. The van der Waals surface area contributed by atoms with Crippen molar-refractivity contribution >= 4 is 17.7 Å². The number of hydrogen-bond acceptors (Lipinski definition) is 3. The lowest BCUT2D eigenvalue weighted by Crippen LogP contribution is -2.28. The maximum Gasteiger partial charge on any atom is 0.230 e. The van der Waals surface area contributed by atoms with Gasteiger partial charge in [-0.05, 0) is 55.2 Å². The quantitative estimate of drug-likeness (QED) is 0.855. The van der Waals surface area contributed by atoms with Crippen molar-refractivity contribution in [1.29, 1.82) is 5.26 Å². The smallest absolute Gasteiger partial charge is 0.230 e. The fraction of sp³-hybridized carbons (Fsp3) is 0.300. The number of benzene rings is 2. The molecule has 1 amide bonds. The maximum atomic E-state index is 12.1. The van der Waals surface area contributed by atoms with E-state index in [1.807, 2.05) is 25.1 Å². The predicted molar refractivity (Wildman–Crippen MR) is 99.8 cm³/mol. The van der Waals surface area contributed by atoms with Crippen molar-refractivity contribution in [3.63, 3.8) is 0 Å². The maximum absolute atomic E-state index is 12.1. The van der Waals surface area contributed by atoms with Crippen LogP contribution in [0.1, 0.15) is 40.8 Å². The van der Waals surface area contributed by atoms with Crippen LogP contribution in [0.25, 0.3) is 0 Å². The minimum absolute atomic E-state index is 0.000633. The molecular formula is C20H22N2OS. The van der Waals surface area contributed by atoms with Gasteiger partial charge in [-0.15, -0.1) is 11.8 Å². The summed E-state index contributed by atoms with van der Waals surface area (Å²) >= 11 is 1.55. The first-order chi connectivity index (χ1) is 11.5. The first-order valence-corrected chi connectivity index (χ1v) is 9.08. The Labute approximate surface area is 148 Å². The molecule has 0 aliphatic rings. The summed E-state index contributed by atoms with van der Waals surface area (Å²) in [7, 11) is 0. The fourth-order valence-electron chi connectivity index (χ4n) is 2.39. The van der Waals surface area contributed by atoms with Crippen LogP contribution in [0.15, 0.2) is 42.5 Å². The summed E-state index contributed by atoms with van der Waals surface area (Å²) in [4.78, 5) is 12.1. The number of thioether (sulfide) groups is 1. The highest BCUT2D eigenvalue weighted by molar-refractivity contribution is 7.99. The molecule has 0 radical (unpaired) electrons. The number of amides is 1. The predicted octanol–water partition coefficient (Wildman–Crippen LogP) is 4.29. The van der Waals surface area contributed by atoms with E-state index in [2.05, 4.69) is 43.4 Å². The molecule has 0 fully saturated rings. The van der Waals surface area contributed by atoms with Gasteiger partial charge in [0.15, 0.2) is 0 Å². The van der Waals surface area contributed by atoms with Gasteiger partial charge in [0.2, 0.25) is 5.91 Å². The molecule has 0 unspecified atom stereocenters. The number of aryl methyl sites for hydroxylation is 2. The highest BCUT2D eigenvalue weighted by Crippen LogP contribution is 2.18. The van der Waals surface area contributed by atoms with Crippen LogP contribution in [0.2, 0.25) is 0 Å². The molecule has 0 saturated carbocycles. The molecule has 0 aromatic heterocycles. The van der Waals surface area contributed by atoms with Crippen molar-refractivity contribution in [2.45, 2.75) is 32.6 Å². The lowest BCUT2D eigenvalue weighted by atomic mass is 10.0. The summed E-state index contributed by atoms with van der Waals surface area (Å²) in [5, 5.41) is 11.9. The van der Waals surface area contributed by atoms with Crippen molar-refractivity contribution in [3.8, 4) is 6.07 Å². The average Bonchev–Trinajstić information content (AvgIpc) is 2.57. The molecule has 24 heavy (non-hydrogen) atoms. The van der Waals surface area contributed by atoms with E-state index in [4.69, 9.17) is 5.26 Å². The van der Waals surface area contributed by atoms with Crippen LogP contribution >= 0.6 is 11.8 Å². The molecule has 1 N–H and O–H groups in total. The van der Waals surface area contributed by atoms with Gasteiger partial charge in [-0.3, -0.25) is 4.79 Å². The van der Waals surface area contributed by atoms with Gasteiger partial charge in [0.25, 0.3) is 0 Å². The Morgan fingerprint density at radius 3 is 2.71 bits per heavy atom. The summed E-state index contributed by atoms with van der Waals surface area (Å²) < 4.78 is 0. The average molecular weight is 338 g/mol. The molecule has 0 aliphatic carbocycles. The number of nitrogens with one attached hydrogen (secondary N) is 1. The number of nitriles is 1. The Hall–Kier alpha value is -2.25. The van der Waals surface area contributed by atoms with Gasteiger partial charge in [0.05, 0.1) is 23.4 Å². The van der Waals surface area contributed by atoms with Gasteiger partial charge >= 0.3 is 0 Å². The summed E-state index contributed by atoms with van der Waals surface area (Å²) in [6.07, 6.45) is 0. The van der Waals surface area contributed by atoms with Gasteiger partial charge < -0.3 is 5.32 Å². The van der Waals surface area contributed by atoms with E-state index in [0.717, 1.165) is 16.9 Å². The molecular weight excluding hydrogens is 316 g/mol. The Morgan fingerprint density at radius 1 is 1.21 bits per heavy atom. The van der Waals surface area contributed by atoms with Gasteiger partial charge in [0.1, 0.15) is 0 Å². The van der Waals surface area contributed by atoms with Crippen molar-refractivity contribution in [3.05, 3.63) is 70.3 Å². The molecule has 2 aromatic rings. The van der Waals surface area contributed by atoms with E-state index in [0.29, 0.717) is 11.3 Å². The highest BCUT2D eigenvalue weighted by Gasteiger charge is 2.10. The second-order valence-corrected chi connectivity index (χ2v) is 6.92. The zero-order chi connectivity index (χ0) is 17.5. The monoisotopic (exact) mass is 338 g/mol. The molecule has 0 saturated heterocycles. The Balaban J connectivity index is 1.82. The second-order valence-electron chi connectivity index (χ2n) is 5.94. The number of carbonyl (C=O) groups excluding carboxylic acids is 1. The summed E-state index contributed by atoms with van der Waals surface area (Å²) in [6.45, 7) is 6.17. The van der Waals surface area contributed by atoms with Crippen LogP contribution in [-0.4, -0.2) is 11.7 Å². The van der Waals surface area contributed by atoms with Gasteiger partial charge in [0, 0.05) is 5.75 Å². The highest BCUT2D eigenvalue weighted by atomic mass is 32.2. The number of carbonyl (C=O) groups is 1. The van der Waals surface area contributed by atoms with E-state index in [1.54, 1.807) is 17.8 Å². The molecule has 0 aliphatic heterocycles. The normalized spacial score (nSPS) is 11.6. The molecule has 0 spiro atoms. The van der Waals surface area contributed by atoms with Crippen LogP contribution in [-0.2, 0) is 10.5 Å².